The maximum Gasteiger partial charge on any atom is 0.331 e. The number of nitrogens with zero attached hydrogens (tertiary/aromatic N) is 3. The topological polar surface area (TPSA) is 126 Å². The average molecular weight is 471 g/mol. The fourth-order valence-electron chi connectivity index (χ4n) is 4.87. The third-order valence-electron chi connectivity index (χ3n) is 6.61. The molecular formula is C24H30N4O6. The second-order valence-corrected chi connectivity index (χ2v) is 8.59. The number of nitrogens with one attached hydrogen (secondary N) is 1. The highest BCUT2D eigenvalue weighted by Gasteiger charge is 2.37. The number of hydrogen-bond acceptors (Lipinski definition) is 7. The Morgan fingerprint density at radius 2 is 1.91 bits per heavy atom. The SMILES string of the molecule is CCC(=O)N1N=C(c2c(O)n(C3CCCCC3)c(=O)[nH]c2=O)CC1c1cc(OC)ccc1OC. The molecule has 4 rings (SSSR count). The van der Waals surface area contributed by atoms with Crippen LogP contribution in [0.5, 0.6) is 17.4 Å². The van der Waals surface area contributed by atoms with Gasteiger partial charge in [0.05, 0.1) is 26.0 Å². The molecule has 182 valence electrons. The number of aromatic amines is 1. The molecule has 1 fully saturated rings. The number of methoxy groups -OCH3 is 2. The number of hydrazone groups is 1. The van der Waals surface area contributed by atoms with Gasteiger partial charge in [-0.05, 0) is 31.0 Å². The molecule has 1 saturated carbocycles. The zero-order chi connectivity index (χ0) is 24.4. The lowest BCUT2D eigenvalue weighted by Gasteiger charge is -2.25. The number of carbonyl (C=O) groups is 1. The Hall–Kier alpha value is -3.56. The van der Waals surface area contributed by atoms with Gasteiger partial charge in [-0.2, -0.15) is 5.10 Å². The van der Waals surface area contributed by atoms with Crippen molar-refractivity contribution in [3.8, 4) is 17.4 Å². The first-order chi connectivity index (χ1) is 16.4. The van der Waals surface area contributed by atoms with Crippen molar-refractivity contribution >= 4 is 11.6 Å². The Kier molecular flexibility index (Phi) is 6.76. The highest BCUT2D eigenvalue weighted by atomic mass is 16.5. The average Bonchev–Trinajstić information content (AvgIpc) is 3.28. The van der Waals surface area contributed by atoms with Crippen LogP contribution in [0.4, 0.5) is 0 Å². The summed E-state index contributed by atoms with van der Waals surface area (Å²) in [6.45, 7) is 1.73. The van der Waals surface area contributed by atoms with Crippen LogP contribution in [0.25, 0.3) is 0 Å². The number of ether oxygens (including phenoxy) is 2. The van der Waals surface area contributed by atoms with Crippen molar-refractivity contribution in [3.63, 3.8) is 0 Å². The maximum atomic E-state index is 12.8. The van der Waals surface area contributed by atoms with Gasteiger partial charge in [0, 0.05) is 24.4 Å². The zero-order valence-electron chi connectivity index (χ0n) is 19.7. The van der Waals surface area contributed by atoms with E-state index in [0.29, 0.717) is 17.1 Å². The quantitative estimate of drug-likeness (QED) is 0.669. The number of aromatic hydroxyl groups is 1. The Morgan fingerprint density at radius 3 is 2.56 bits per heavy atom. The monoisotopic (exact) mass is 470 g/mol. The first-order valence-electron chi connectivity index (χ1n) is 11.6. The highest BCUT2D eigenvalue weighted by molar-refractivity contribution is 6.04. The molecule has 1 amide bonds. The van der Waals surface area contributed by atoms with Crippen LogP contribution in [0.1, 0.15) is 75.1 Å². The van der Waals surface area contributed by atoms with Gasteiger partial charge in [0.25, 0.3) is 5.56 Å². The minimum Gasteiger partial charge on any atom is -0.497 e. The molecule has 2 heterocycles. The summed E-state index contributed by atoms with van der Waals surface area (Å²) in [6.07, 6.45) is 4.82. The van der Waals surface area contributed by atoms with Crippen LogP contribution in [-0.2, 0) is 4.79 Å². The normalized spacial score (nSPS) is 18.6. The van der Waals surface area contributed by atoms with Gasteiger partial charge in [-0.15, -0.1) is 0 Å². The summed E-state index contributed by atoms with van der Waals surface area (Å²) in [7, 11) is 3.08. The predicted molar refractivity (Wildman–Crippen MR) is 126 cm³/mol. The summed E-state index contributed by atoms with van der Waals surface area (Å²) >= 11 is 0. The van der Waals surface area contributed by atoms with E-state index in [1.54, 1.807) is 32.2 Å². The Balaban J connectivity index is 1.81. The molecule has 1 aliphatic heterocycles. The van der Waals surface area contributed by atoms with Gasteiger partial charge in [-0.3, -0.25) is 19.1 Å². The van der Waals surface area contributed by atoms with E-state index >= 15 is 0 Å². The summed E-state index contributed by atoms with van der Waals surface area (Å²) in [5, 5.41) is 16.9. The number of aromatic nitrogens is 2. The van der Waals surface area contributed by atoms with Crippen LogP contribution in [-0.4, -0.2) is 45.5 Å². The third-order valence-corrected chi connectivity index (χ3v) is 6.61. The van der Waals surface area contributed by atoms with E-state index in [4.69, 9.17) is 9.47 Å². The number of rotatable bonds is 6. The van der Waals surface area contributed by atoms with Crippen molar-refractivity contribution in [1.29, 1.82) is 0 Å². The largest absolute Gasteiger partial charge is 0.497 e. The number of carbonyl (C=O) groups excluding carboxylic acids is 1. The lowest BCUT2D eigenvalue weighted by Crippen LogP contribution is -2.36. The van der Waals surface area contributed by atoms with Crippen LogP contribution in [0.3, 0.4) is 0 Å². The Bertz CT molecular complexity index is 1220. The van der Waals surface area contributed by atoms with E-state index in [1.165, 1.54) is 16.7 Å². The van der Waals surface area contributed by atoms with Gasteiger partial charge in [0.2, 0.25) is 11.8 Å². The minimum absolute atomic E-state index is 0.0801. The molecule has 2 aliphatic rings. The second-order valence-electron chi connectivity index (χ2n) is 8.59. The van der Waals surface area contributed by atoms with E-state index in [9.17, 15) is 19.5 Å². The third kappa shape index (κ3) is 4.20. The summed E-state index contributed by atoms with van der Waals surface area (Å²) in [5.74, 6) is 0.476. The van der Waals surface area contributed by atoms with Gasteiger partial charge in [-0.1, -0.05) is 26.2 Å². The second kappa shape index (κ2) is 9.74. The first-order valence-corrected chi connectivity index (χ1v) is 11.6. The molecule has 2 aromatic rings. The van der Waals surface area contributed by atoms with Crippen molar-refractivity contribution in [3.05, 3.63) is 50.2 Å². The molecule has 1 unspecified atom stereocenters. The first kappa shape index (κ1) is 23.6. The Morgan fingerprint density at radius 1 is 1.18 bits per heavy atom. The molecule has 0 saturated heterocycles. The van der Waals surface area contributed by atoms with Crippen molar-refractivity contribution < 1.29 is 19.4 Å². The minimum atomic E-state index is -0.726. The molecule has 1 aliphatic carbocycles. The molecule has 1 aromatic heterocycles. The standard InChI is InChI=1S/C24H30N4O6/c1-4-20(29)28-18(16-12-15(33-2)10-11-19(16)34-3)13-17(26-28)21-22(30)25-24(32)27(23(21)31)14-8-6-5-7-9-14/h10-12,14,18,31H,4-9,13H2,1-3H3,(H,25,30,32). The van der Waals surface area contributed by atoms with Crippen molar-refractivity contribution in [1.82, 2.24) is 14.6 Å². The molecule has 10 heteroatoms. The Labute approximate surface area is 196 Å². The van der Waals surface area contributed by atoms with E-state index < -0.39 is 23.2 Å². The van der Waals surface area contributed by atoms with E-state index in [1.807, 2.05) is 0 Å². The number of hydrogen-bond donors (Lipinski definition) is 2. The lowest BCUT2D eigenvalue weighted by molar-refractivity contribution is -0.132. The molecule has 0 spiro atoms. The molecule has 10 nitrogen and oxygen atoms in total. The van der Waals surface area contributed by atoms with Crippen LogP contribution in [0, 0.1) is 0 Å². The van der Waals surface area contributed by atoms with Crippen molar-refractivity contribution in [2.45, 2.75) is 64.0 Å². The van der Waals surface area contributed by atoms with Gasteiger partial charge in [-0.25, -0.2) is 9.80 Å². The molecular weight excluding hydrogens is 440 g/mol. The highest BCUT2D eigenvalue weighted by Crippen LogP contribution is 2.40. The van der Waals surface area contributed by atoms with E-state index in [2.05, 4.69) is 10.1 Å². The molecule has 2 N–H and O–H groups in total. The summed E-state index contributed by atoms with van der Waals surface area (Å²) in [5.41, 5.74) is -0.540. The summed E-state index contributed by atoms with van der Waals surface area (Å²) in [4.78, 5) is 40.6. The van der Waals surface area contributed by atoms with Gasteiger partial charge in [0.15, 0.2) is 0 Å². The molecule has 0 bridgehead atoms. The molecule has 1 aromatic carbocycles. The van der Waals surface area contributed by atoms with Crippen molar-refractivity contribution in [2.24, 2.45) is 5.10 Å². The number of amides is 1. The van der Waals surface area contributed by atoms with Crippen molar-refractivity contribution in [2.75, 3.05) is 14.2 Å². The number of benzene rings is 1. The molecule has 0 radical (unpaired) electrons. The van der Waals surface area contributed by atoms with Gasteiger partial charge >= 0.3 is 5.69 Å². The predicted octanol–water partition coefficient (Wildman–Crippen LogP) is 2.85. The zero-order valence-corrected chi connectivity index (χ0v) is 19.7. The smallest absolute Gasteiger partial charge is 0.331 e. The molecule has 34 heavy (non-hydrogen) atoms. The van der Waals surface area contributed by atoms with Gasteiger partial charge < -0.3 is 14.6 Å². The van der Waals surface area contributed by atoms with Crippen LogP contribution < -0.4 is 20.7 Å². The fraction of sp³-hybridized carbons (Fsp3) is 0.500. The fourth-order valence-corrected chi connectivity index (χ4v) is 4.87. The van der Waals surface area contributed by atoms with Gasteiger partial charge in [0.1, 0.15) is 17.1 Å². The summed E-state index contributed by atoms with van der Waals surface area (Å²) < 4.78 is 12.1. The maximum absolute atomic E-state index is 12.8. The molecule has 1 atom stereocenters. The van der Waals surface area contributed by atoms with E-state index in [-0.39, 0.29) is 36.1 Å². The summed E-state index contributed by atoms with van der Waals surface area (Å²) in [6, 6.07) is 4.50. The van der Waals surface area contributed by atoms with E-state index in [0.717, 1.165) is 32.1 Å². The van der Waals surface area contributed by atoms with Crippen LogP contribution in [0.2, 0.25) is 0 Å². The van der Waals surface area contributed by atoms with Crippen LogP contribution in [0.15, 0.2) is 32.9 Å². The number of H-pyrrole nitrogens is 1. The lowest BCUT2D eigenvalue weighted by atomic mass is 9.94. The van der Waals surface area contributed by atoms with Crippen LogP contribution >= 0.6 is 0 Å².